The first-order valence-corrected chi connectivity index (χ1v) is 8.66. The molecule has 1 aliphatic carbocycles. The van der Waals surface area contributed by atoms with Crippen LogP contribution in [0, 0.1) is 0 Å². The minimum Gasteiger partial charge on any atom is -0.285 e. The van der Waals surface area contributed by atoms with Crippen molar-refractivity contribution in [2.75, 3.05) is 0 Å². The van der Waals surface area contributed by atoms with Gasteiger partial charge in [-0.05, 0) is 21.9 Å². The molecule has 2 unspecified atom stereocenters. The van der Waals surface area contributed by atoms with Gasteiger partial charge in [-0.2, -0.15) is 16.8 Å². The average Bonchev–Trinajstić information content (AvgIpc) is 2.66. The van der Waals surface area contributed by atoms with Crippen molar-refractivity contribution in [1.29, 1.82) is 0 Å². The molecule has 0 aliphatic heterocycles. The maximum Gasteiger partial charge on any atom is 0.273 e. The van der Waals surface area contributed by atoms with Crippen molar-refractivity contribution in [3.63, 3.8) is 0 Å². The Morgan fingerprint density at radius 2 is 1.15 bits per heavy atom. The van der Waals surface area contributed by atoms with Crippen LogP contribution in [0.4, 0.5) is 0 Å². The van der Waals surface area contributed by atoms with Crippen molar-refractivity contribution < 1.29 is 25.9 Å². The molecule has 1 aliphatic rings. The van der Waals surface area contributed by atoms with Gasteiger partial charge in [0.1, 0.15) is 10.5 Å². The minimum absolute atomic E-state index is 0.184. The maximum absolute atomic E-state index is 11.6. The van der Waals surface area contributed by atoms with Gasteiger partial charge in [0.15, 0.2) is 0 Å². The summed E-state index contributed by atoms with van der Waals surface area (Å²) in [6.45, 7) is 0. The highest BCUT2D eigenvalue weighted by molar-refractivity contribution is 7.90. The van der Waals surface area contributed by atoms with Crippen molar-refractivity contribution >= 4 is 31.0 Å². The number of hydrogen-bond acceptors (Lipinski definition) is 4. The van der Waals surface area contributed by atoms with Crippen LogP contribution < -0.4 is 0 Å². The summed E-state index contributed by atoms with van der Waals surface area (Å²) in [5.41, 5.74) is 0.367. The summed E-state index contributed by atoms with van der Waals surface area (Å²) in [6, 6.07) is 9.44. The fourth-order valence-corrected chi connectivity index (χ4v) is 5.63. The molecule has 0 heterocycles. The topological polar surface area (TPSA) is 109 Å². The molecule has 0 bridgehead atoms. The van der Waals surface area contributed by atoms with Gasteiger partial charge in [0.2, 0.25) is 0 Å². The molecule has 0 saturated heterocycles. The molecule has 0 spiro atoms. The summed E-state index contributed by atoms with van der Waals surface area (Å²) in [7, 11) is -9.38. The van der Waals surface area contributed by atoms with E-state index in [1.54, 1.807) is 24.3 Å². The quantitative estimate of drug-likeness (QED) is 0.817. The molecule has 0 amide bonds. The summed E-state index contributed by atoms with van der Waals surface area (Å²) in [5, 5.41) is -2.32. The monoisotopic (exact) mass is 314 g/mol. The fraction of sp³-hybridized carbons (Fsp3) is 0.167. The standard InChI is InChI=1S/C12H10O6S2/c13-19(14,15)11-8-5-1-3-7-4-2-6-9(10(7)8)12(11)20(16,17)18/h1-6,11-12H,(H,13,14,15)(H,16,17,18). The Kier molecular flexibility index (Phi) is 2.71. The molecule has 2 atom stereocenters. The second-order valence-electron chi connectivity index (χ2n) is 4.66. The normalized spacial score (nSPS) is 22.3. The van der Waals surface area contributed by atoms with Crippen molar-refractivity contribution in [2.24, 2.45) is 0 Å². The van der Waals surface area contributed by atoms with Gasteiger partial charge in [0.25, 0.3) is 20.2 Å². The van der Waals surface area contributed by atoms with Gasteiger partial charge in [-0.3, -0.25) is 9.11 Å². The molecule has 106 valence electrons. The van der Waals surface area contributed by atoms with E-state index in [1.165, 1.54) is 12.1 Å². The molecule has 2 aromatic carbocycles. The zero-order chi connectivity index (χ0) is 14.7. The largest absolute Gasteiger partial charge is 0.285 e. The van der Waals surface area contributed by atoms with E-state index >= 15 is 0 Å². The van der Waals surface area contributed by atoms with E-state index in [-0.39, 0.29) is 11.1 Å². The summed E-state index contributed by atoms with van der Waals surface area (Å²) in [5.74, 6) is 0. The lowest BCUT2D eigenvalue weighted by Gasteiger charge is -2.16. The molecule has 2 aromatic rings. The van der Waals surface area contributed by atoms with Gasteiger partial charge in [-0.15, -0.1) is 0 Å². The summed E-state index contributed by atoms with van der Waals surface area (Å²) < 4.78 is 65.1. The van der Waals surface area contributed by atoms with Crippen LogP contribution in [0.15, 0.2) is 36.4 Å². The highest BCUT2D eigenvalue weighted by Crippen LogP contribution is 2.51. The van der Waals surface area contributed by atoms with Crippen molar-refractivity contribution in [2.45, 2.75) is 10.5 Å². The molecular weight excluding hydrogens is 304 g/mol. The number of hydrogen-bond donors (Lipinski definition) is 2. The molecule has 20 heavy (non-hydrogen) atoms. The van der Waals surface area contributed by atoms with Crippen molar-refractivity contribution in [3.05, 3.63) is 47.5 Å². The van der Waals surface area contributed by atoms with Crippen LogP contribution >= 0.6 is 0 Å². The molecule has 0 saturated carbocycles. The highest BCUT2D eigenvalue weighted by Gasteiger charge is 2.48. The predicted octanol–water partition coefficient (Wildman–Crippen LogP) is 1.71. The lowest BCUT2D eigenvalue weighted by Crippen LogP contribution is -2.22. The second kappa shape index (κ2) is 4.01. The first-order chi connectivity index (χ1) is 9.21. The summed E-state index contributed by atoms with van der Waals surface area (Å²) in [6.07, 6.45) is 0. The Hall–Kier alpha value is -1.48. The fourth-order valence-electron chi connectivity index (χ4n) is 2.83. The SMILES string of the molecule is O=S(=O)(O)C1c2cccc3cccc(c23)C1S(=O)(=O)O. The Bertz CT molecular complexity index is 841. The number of rotatable bonds is 2. The zero-order valence-electron chi connectivity index (χ0n) is 9.96. The third-order valence-corrected chi connectivity index (χ3v) is 6.01. The second-order valence-corrected chi connectivity index (χ2v) is 7.74. The maximum atomic E-state index is 11.6. The average molecular weight is 314 g/mol. The number of benzene rings is 2. The van der Waals surface area contributed by atoms with Gasteiger partial charge >= 0.3 is 0 Å². The Morgan fingerprint density at radius 1 is 0.750 bits per heavy atom. The molecule has 2 N–H and O–H groups in total. The lowest BCUT2D eigenvalue weighted by atomic mass is 10.1. The van der Waals surface area contributed by atoms with E-state index < -0.39 is 30.7 Å². The van der Waals surface area contributed by atoms with E-state index in [0.717, 1.165) is 0 Å². The van der Waals surface area contributed by atoms with Gasteiger partial charge < -0.3 is 0 Å². The van der Waals surface area contributed by atoms with Crippen LogP contribution in [0.3, 0.4) is 0 Å². The van der Waals surface area contributed by atoms with Gasteiger partial charge in [-0.25, -0.2) is 0 Å². The van der Waals surface area contributed by atoms with Crippen LogP contribution in [-0.2, 0) is 20.2 Å². The summed E-state index contributed by atoms with van der Waals surface area (Å²) in [4.78, 5) is 0. The molecule has 0 fully saturated rings. The molecule has 0 aromatic heterocycles. The van der Waals surface area contributed by atoms with E-state index in [2.05, 4.69) is 0 Å². The smallest absolute Gasteiger partial charge is 0.273 e. The Labute approximate surface area is 115 Å². The van der Waals surface area contributed by atoms with E-state index in [0.29, 0.717) is 10.8 Å². The van der Waals surface area contributed by atoms with Crippen LogP contribution in [0.1, 0.15) is 21.6 Å². The Balaban J connectivity index is 2.48. The van der Waals surface area contributed by atoms with E-state index in [1.807, 2.05) is 0 Å². The van der Waals surface area contributed by atoms with Gasteiger partial charge in [0.05, 0.1) is 0 Å². The summed E-state index contributed by atoms with van der Waals surface area (Å²) >= 11 is 0. The van der Waals surface area contributed by atoms with Gasteiger partial charge in [-0.1, -0.05) is 36.4 Å². The van der Waals surface area contributed by atoms with Crippen LogP contribution in [-0.4, -0.2) is 25.9 Å². The molecule has 8 heteroatoms. The zero-order valence-corrected chi connectivity index (χ0v) is 11.6. The molecular formula is C12H10O6S2. The molecule has 0 radical (unpaired) electrons. The van der Waals surface area contributed by atoms with Crippen LogP contribution in [0.5, 0.6) is 0 Å². The molecule has 6 nitrogen and oxygen atoms in total. The first-order valence-electron chi connectivity index (χ1n) is 5.65. The van der Waals surface area contributed by atoms with Crippen LogP contribution in [0.2, 0.25) is 0 Å². The van der Waals surface area contributed by atoms with Crippen molar-refractivity contribution in [3.8, 4) is 0 Å². The van der Waals surface area contributed by atoms with E-state index in [4.69, 9.17) is 0 Å². The predicted molar refractivity (Wildman–Crippen MR) is 72.5 cm³/mol. The lowest BCUT2D eigenvalue weighted by molar-refractivity contribution is 0.445. The third-order valence-electron chi connectivity index (χ3n) is 3.50. The third kappa shape index (κ3) is 1.84. The minimum atomic E-state index is -4.69. The Morgan fingerprint density at radius 3 is 1.50 bits per heavy atom. The van der Waals surface area contributed by atoms with Crippen LogP contribution in [0.25, 0.3) is 10.8 Å². The molecule has 3 rings (SSSR count). The van der Waals surface area contributed by atoms with E-state index in [9.17, 15) is 25.9 Å². The van der Waals surface area contributed by atoms with Crippen molar-refractivity contribution in [1.82, 2.24) is 0 Å². The highest BCUT2D eigenvalue weighted by atomic mass is 32.2. The van der Waals surface area contributed by atoms with Gasteiger partial charge in [0, 0.05) is 0 Å². The first kappa shape index (κ1) is 13.5.